The van der Waals surface area contributed by atoms with Crippen LogP contribution < -0.4 is 4.74 Å². The Bertz CT molecular complexity index is 997. The molecule has 3 rings (SSSR count). The second kappa shape index (κ2) is 10.5. The van der Waals surface area contributed by atoms with E-state index in [0.29, 0.717) is 22.8 Å². The molecular weight excluding hydrogens is 394 g/mol. The van der Waals surface area contributed by atoms with Gasteiger partial charge in [0.2, 0.25) is 0 Å². The Hall–Kier alpha value is -2.72. The van der Waals surface area contributed by atoms with Crippen LogP contribution in [-0.4, -0.2) is 7.11 Å². The highest BCUT2D eigenvalue weighted by Gasteiger charge is 2.11. The zero-order valence-corrected chi connectivity index (χ0v) is 18.6. The summed E-state index contributed by atoms with van der Waals surface area (Å²) < 4.78 is 39.2. The topological polar surface area (TPSA) is 18.5 Å². The van der Waals surface area contributed by atoms with Crippen molar-refractivity contribution in [3.05, 3.63) is 100 Å². The molecule has 0 saturated carbocycles. The van der Waals surface area contributed by atoms with Crippen LogP contribution in [0.1, 0.15) is 60.4 Å². The fourth-order valence-corrected chi connectivity index (χ4v) is 3.54. The van der Waals surface area contributed by atoms with E-state index in [4.69, 9.17) is 9.47 Å². The molecule has 0 radical (unpaired) electrons. The summed E-state index contributed by atoms with van der Waals surface area (Å²) in [6.45, 7) is 6.63. The molecule has 0 aliphatic rings. The summed E-state index contributed by atoms with van der Waals surface area (Å²) in [7, 11) is 1.56. The molecule has 31 heavy (non-hydrogen) atoms. The van der Waals surface area contributed by atoms with Gasteiger partial charge in [-0.25, -0.2) is 8.78 Å². The van der Waals surface area contributed by atoms with Gasteiger partial charge in [-0.05, 0) is 59.2 Å². The third kappa shape index (κ3) is 6.14. The van der Waals surface area contributed by atoms with E-state index >= 15 is 0 Å². The molecule has 3 aromatic rings. The Morgan fingerprint density at radius 2 is 1.32 bits per heavy atom. The molecule has 0 aliphatic heterocycles. The second-order valence-corrected chi connectivity index (χ2v) is 8.33. The van der Waals surface area contributed by atoms with Crippen LogP contribution in [0.5, 0.6) is 5.75 Å². The number of rotatable bonds is 9. The van der Waals surface area contributed by atoms with Crippen LogP contribution in [0.25, 0.3) is 0 Å². The average Bonchev–Trinajstić information content (AvgIpc) is 2.75. The molecule has 4 heteroatoms. The van der Waals surface area contributed by atoms with Crippen molar-refractivity contribution in [3.63, 3.8) is 0 Å². The largest absolute Gasteiger partial charge is 0.489 e. The van der Waals surface area contributed by atoms with Crippen LogP contribution in [0, 0.1) is 11.6 Å². The molecule has 0 saturated heterocycles. The van der Waals surface area contributed by atoms with Crippen LogP contribution in [0.2, 0.25) is 0 Å². The maximum Gasteiger partial charge on any atom is 0.130 e. The summed E-state index contributed by atoms with van der Waals surface area (Å²) in [5, 5.41) is 0. The van der Waals surface area contributed by atoms with E-state index in [0.717, 1.165) is 23.1 Å². The Morgan fingerprint density at radius 3 is 1.90 bits per heavy atom. The Kier molecular flexibility index (Phi) is 7.80. The molecule has 3 aromatic carbocycles. The van der Waals surface area contributed by atoms with E-state index in [9.17, 15) is 8.78 Å². The first-order valence-electron chi connectivity index (χ1n) is 10.6. The van der Waals surface area contributed by atoms with E-state index in [1.807, 2.05) is 50.2 Å². The molecule has 1 atom stereocenters. The summed E-state index contributed by atoms with van der Waals surface area (Å²) in [4.78, 5) is 0. The third-order valence-electron chi connectivity index (χ3n) is 5.55. The van der Waals surface area contributed by atoms with Gasteiger partial charge >= 0.3 is 0 Å². The molecule has 0 aliphatic carbocycles. The van der Waals surface area contributed by atoms with Gasteiger partial charge in [0.25, 0.3) is 0 Å². The zero-order valence-electron chi connectivity index (χ0n) is 18.6. The van der Waals surface area contributed by atoms with Gasteiger partial charge in [-0.2, -0.15) is 0 Å². The Labute approximate surface area is 183 Å². The van der Waals surface area contributed by atoms with E-state index < -0.39 is 0 Å². The minimum Gasteiger partial charge on any atom is -0.489 e. The average molecular weight is 425 g/mol. The number of halogens is 2. The molecule has 0 aromatic heterocycles. The summed E-state index contributed by atoms with van der Waals surface area (Å²) >= 11 is 0. The Morgan fingerprint density at radius 1 is 0.742 bits per heavy atom. The zero-order chi connectivity index (χ0) is 22.4. The highest BCUT2D eigenvalue weighted by molar-refractivity contribution is 5.32. The monoisotopic (exact) mass is 424 g/mol. The molecular formula is C27H30F2O2. The number of hydrogen-bond donors (Lipinski definition) is 0. The predicted molar refractivity (Wildman–Crippen MR) is 120 cm³/mol. The number of benzene rings is 3. The first kappa shape index (κ1) is 23.0. The molecule has 2 nitrogen and oxygen atoms in total. The van der Waals surface area contributed by atoms with Gasteiger partial charge in [-0.15, -0.1) is 0 Å². The first-order chi connectivity index (χ1) is 14.9. The highest BCUT2D eigenvalue weighted by atomic mass is 19.1. The molecule has 0 heterocycles. The fraction of sp³-hybridized carbons (Fsp3) is 0.333. The summed E-state index contributed by atoms with van der Waals surface area (Å²) in [6, 6.07) is 18.4. The minimum absolute atomic E-state index is 0.173. The lowest BCUT2D eigenvalue weighted by molar-refractivity contribution is 0.181. The lowest BCUT2D eigenvalue weighted by atomic mass is 9.93. The molecule has 0 bridgehead atoms. The molecule has 1 unspecified atom stereocenters. The van der Waals surface area contributed by atoms with E-state index in [1.54, 1.807) is 31.4 Å². The lowest BCUT2D eigenvalue weighted by Gasteiger charge is -2.14. The standard InChI is InChI=1S/C27H30F2O2/c1-18(2)21-7-9-24(26(28)14-21)17-31-25-11-5-20(6-12-25)13-19(3)22-8-10-23(16-30-4)27(29)15-22/h5-12,14-15,18-19H,13,16-17H2,1-4H3. The van der Waals surface area contributed by atoms with Crippen molar-refractivity contribution >= 4 is 0 Å². The maximum atomic E-state index is 14.3. The van der Waals surface area contributed by atoms with Crippen molar-refractivity contribution in [2.24, 2.45) is 0 Å². The summed E-state index contributed by atoms with van der Waals surface area (Å²) in [5.74, 6) is 0.688. The smallest absolute Gasteiger partial charge is 0.130 e. The van der Waals surface area contributed by atoms with Crippen molar-refractivity contribution < 1.29 is 18.3 Å². The van der Waals surface area contributed by atoms with Crippen molar-refractivity contribution in [2.45, 2.75) is 52.2 Å². The van der Waals surface area contributed by atoms with Gasteiger partial charge in [0.1, 0.15) is 24.0 Å². The molecule has 0 fully saturated rings. The normalized spacial score (nSPS) is 12.2. The summed E-state index contributed by atoms with van der Waals surface area (Å²) in [6.07, 6.45) is 0.786. The molecule has 0 spiro atoms. The van der Waals surface area contributed by atoms with Gasteiger partial charge < -0.3 is 9.47 Å². The summed E-state index contributed by atoms with van der Waals surface area (Å²) in [5.41, 5.74) is 4.18. The number of methoxy groups -OCH3 is 1. The minimum atomic E-state index is -0.236. The van der Waals surface area contributed by atoms with Crippen molar-refractivity contribution in [2.75, 3.05) is 7.11 Å². The SMILES string of the molecule is COCc1ccc(C(C)Cc2ccc(OCc3ccc(C(C)C)cc3F)cc2)cc1F. The van der Waals surface area contributed by atoms with Gasteiger partial charge in [-0.1, -0.05) is 57.2 Å². The first-order valence-corrected chi connectivity index (χ1v) is 10.6. The third-order valence-corrected chi connectivity index (χ3v) is 5.55. The van der Waals surface area contributed by atoms with E-state index in [2.05, 4.69) is 6.92 Å². The van der Waals surface area contributed by atoms with Crippen molar-refractivity contribution in [1.82, 2.24) is 0 Å². The quantitative estimate of drug-likeness (QED) is 0.363. The van der Waals surface area contributed by atoms with Crippen molar-refractivity contribution in [3.8, 4) is 5.75 Å². The maximum absolute atomic E-state index is 14.3. The fourth-order valence-electron chi connectivity index (χ4n) is 3.54. The van der Waals surface area contributed by atoms with Crippen LogP contribution >= 0.6 is 0 Å². The van der Waals surface area contributed by atoms with Crippen LogP contribution in [-0.2, 0) is 24.4 Å². The second-order valence-electron chi connectivity index (χ2n) is 8.33. The van der Waals surface area contributed by atoms with Crippen LogP contribution in [0.15, 0.2) is 60.7 Å². The predicted octanol–water partition coefficient (Wildman–Crippen LogP) is 7.16. The molecule has 164 valence electrons. The van der Waals surface area contributed by atoms with E-state index in [-0.39, 0.29) is 30.8 Å². The molecule has 0 amide bonds. The number of hydrogen-bond acceptors (Lipinski definition) is 2. The van der Waals surface area contributed by atoms with Crippen molar-refractivity contribution in [1.29, 1.82) is 0 Å². The van der Waals surface area contributed by atoms with Gasteiger partial charge in [-0.3, -0.25) is 0 Å². The van der Waals surface area contributed by atoms with E-state index in [1.165, 1.54) is 0 Å². The van der Waals surface area contributed by atoms with Gasteiger partial charge in [0, 0.05) is 18.2 Å². The highest BCUT2D eigenvalue weighted by Crippen LogP contribution is 2.25. The number of ether oxygens (including phenoxy) is 2. The van der Waals surface area contributed by atoms with Crippen LogP contribution in [0.4, 0.5) is 8.78 Å². The Balaban J connectivity index is 1.58. The van der Waals surface area contributed by atoms with Gasteiger partial charge in [0.15, 0.2) is 0 Å². The molecule has 0 N–H and O–H groups in total. The van der Waals surface area contributed by atoms with Gasteiger partial charge in [0.05, 0.1) is 6.61 Å². The van der Waals surface area contributed by atoms with Crippen LogP contribution in [0.3, 0.4) is 0 Å². The lowest BCUT2D eigenvalue weighted by Crippen LogP contribution is -2.02.